The zero-order chi connectivity index (χ0) is 13.4. The van der Waals surface area contributed by atoms with E-state index in [1.165, 1.54) is 5.56 Å². The fraction of sp³-hybridized carbons (Fsp3) is 0.571. The summed E-state index contributed by atoms with van der Waals surface area (Å²) in [4.78, 5) is 26.0. The minimum atomic E-state index is -0.272. The summed E-state index contributed by atoms with van der Waals surface area (Å²) in [5.41, 5.74) is 1.24. The maximum Gasteiger partial charge on any atom is 0.246 e. The highest BCUT2D eigenvalue weighted by Gasteiger charge is 2.43. The van der Waals surface area contributed by atoms with Crippen LogP contribution in [0.2, 0.25) is 0 Å². The number of piperazine rings is 1. The number of thiophene rings is 1. The van der Waals surface area contributed by atoms with E-state index >= 15 is 0 Å². The highest BCUT2D eigenvalue weighted by atomic mass is 32.1. The molecule has 2 amide bonds. The first-order chi connectivity index (χ1) is 9.15. The molecule has 0 bridgehead atoms. The third-order valence-electron chi connectivity index (χ3n) is 3.92. The van der Waals surface area contributed by atoms with Crippen LogP contribution in [0.1, 0.15) is 25.3 Å². The zero-order valence-electron chi connectivity index (χ0n) is 11.0. The SMILES string of the molecule is CC(Cc1ccsc1)N1CC(=O)NC(C2CC2)C1=O. The average Bonchev–Trinajstić information content (AvgIpc) is 3.10. The van der Waals surface area contributed by atoms with E-state index in [-0.39, 0.29) is 30.4 Å². The van der Waals surface area contributed by atoms with E-state index < -0.39 is 0 Å². The molecule has 2 atom stereocenters. The Hall–Kier alpha value is -1.36. The number of amides is 2. The van der Waals surface area contributed by atoms with E-state index in [4.69, 9.17) is 0 Å². The van der Waals surface area contributed by atoms with Crippen LogP contribution in [-0.2, 0) is 16.0 Å². The summed E-state index contributed by atoms with van der Waals surface area (Å²) in [6, 6.07) is 1.88. The molecular weight excluding hydrogens is 260 g/mol. The summed E-state index contributed by atoms with van der Waals surface area (Å²) in [7, 11) is 0. The van der Waals surface area contributed by atoms with Gasteiger partial charge in [-0.3, -0.25) is 9.59 Å². The Balaban J connectivity index is 1.70. The first kappa shape index (κ1) is 12.7. The largest absolute Gasteiger partial charge is 0.342 e. The van der Waals surface area contributed by atoms with Gasteiger partial charge in [-0.05, 0) is 54.5 Å². The van der Waals surface area contributed by atoms with Gasteiger partial charge in [0.2, 0.25) is 11.8 Å². The molecule has 1 aromatic rings. The third-order valence-corrected chi connectivity index (χ3v) is 4.65. The highest BCUT2D eigenvalue weighted by molar-refractivity contribution is 7.07. The molecule has 1 aliphatic heterocycles. The molecule has 1 saturated heterocycles. The lowest BCUT2D eigenvalue weighted by atomic mass is 10.0. The van der Waals surface area contributed by atoms with Crippen LogP contribution in [0.3, 0.4) is 0 Å². The van der Waals surface area contributed by atoms with Gasteiger partial charge >= 0.3 is 0 Å². The predicted molar refractivity (Wildman–Crippen MR) is 73.9 cm³/mol. The number of carbonyl (C=O) groups excluding carboxylic acids is 2. The Bertz CT molecular complexity index is 482. The zero-order valence-corrected chi connectivity index (χ0v) is 11.8. The minimum Gasteiger partial charge on any atom is -0.342 e. The molecule has 2 aliphatic rings. The first-order valence-corrected chi connectivity index (χ1v) is 7.70. The standard InChI is InChI=1S/C14H18N2O2S/c1-9(6-10-4-5-19-8-10)16-7-12(17)15-13(14(16)18)11-2-3-11/h4-5,8-9,11,13H,2-3,6-7H2,1H3,(H,15,17). The minimum absolute atomic E-state index is 0.0198. The summed E-state index contributed by atoms with van der Waals surface area (Å²) >= 11 is 1.66. The van der Waals surface area contributed by atoms with Crippen molar-refractivity contribution in [3.63, 3.8) is 0 Å². The van der Waals surface area contributed by atoms with Crippen molar-refractivity contribution in [2.24, 2.45) is 5.92 Å². The van der Waals surface area contributed by atoms with Gasteiger partial charge in [0.15, 0.2) is 0 Å². The molecule has 0 aromatic carbocycles. The van der Waals surface area contributed by atoms with Crippen LogP contribution in [0.5, 0.6) is 0 Å². The van der Waals surface area contributed by atoms with E-state index in [9.17, 15) is 9.59 Å². The smallest absolute Gasteiger partial charge is 0.246 e. The summed E-state index contributed by atoms with van der Waals surface area (Å²) in [5.74, 6) is 0.450. The van der Waals surface area contributed by atoms with Crippen molar-refractivity contribution in [3.05, 3.63) is 22.4 Å². The molecule has 0 radical (unpaired) electrons. The van der Waals surface area contributed by atoms with Crippen molar-refractivity contribution in [2.45, 2.75) is 38.3 Å². The van der Waals surface area contributed by atoms with E-state index in [1.807, 2.05) is 12.3 Å². The predicted octanol–water partition coefficient (Wildman–Crippen LogP) is 1.42. The van der Waals surface area contributed by atoms with Gasteiger partial charge in [0.05, 0.1) is 6.54 Å². The fourth-order valence-corrected chi connectivity index (χ4v) is 3.36. The summed E-state index contributed by atoms with van der Waals surface area (Å²) in [6.07, 6.45) is 2.94. The number of nitrogens with zero attached hydrogens (tertiary/aromatic N) is 1. The van der Waals surface area contributed by atoms with Crippen molar-refractivity contribution < 1.29 is 9.59 Å². The van der Waals surface area contributed by atoms with Gasteiger partial charge in [-0.15, -0.1) is 0 Å². The molecule has 102 valence electrons. The van der Waals surface area contributed by atoms with Crippen LogP contribution in [0.4, 0.5) is 0 Å². The van der Waals surface area contributed by atoms with Crippen molar-refractivity contribution in [1.82, 2.24) is 10.2 Å². The Morgan fingerprint density at radius 1 is 1.47 bits per heavy atom. The van der Waals surface area contributed by atoms with Gasteiger partial charge in [-0.1, -0.05) is 0 Å². The van der Waals surface area contributed by atoms with Gasteiger partial charge in [0.1, 0.15) is 6.04 Å². The molecule has 5 heteroatoms. The lowest BCUT2D eigenvalue weighted by Crippen LogP contribution is -2.61. The van der Waals surface area contributed by atoms with E-state index in [1.54, 1.807) is 16.2 Å². The summed E-state index contributed by atoms with van der Waals surface area (Å²) in [6.45, 7) is 2.23. The molecule has 1 aliphatic carbocycles. The van der Waals surface area contributed by atoms with Crippen LogP contribution in [0.25, 0.3) is 0 Å². The van der Waals surface area contributed by atoms with Gasteiger partial charge in [-0.2, -0.15) is 11.3 Å². The summed E-state index contributed by atoms with van der Waals surface area (Å²) in [5, 5.41) is 6.99. The molecule has 2 heterocycles. The molecule has 4 nitrogen and oxygen atoms in total. The Labute approximate surface area is 116 Å². The molecule has 2 fully saturated rings. The second-order valence-corrected chi connectivity index (χ2v) is 6.31. The number of nitrogens with one attached hydrogen (secondary N) is 1. The Kier molecular flexibility index (Phi) is 3.31. The Morgan fingerprint density at radius 3 is 2.89 bits per heavy atom. The lowest BCUT2D eigenvalue weighted by molar-refractivity contribution is -0.146. The topological polar surface area (TPSA) is 49.4 Å². The van der Waals surface area contributed by atoms with Crippen molar-refractivity contribution in [2.75, 3.05) is 6.54 Å². The van der Waals surface area contributed by atoms with Gasteiger partial charge in [0.25, 0.3) is 0 Å². The lowest BCUT2D eigenvalue weighted by Gasteiger charge is -2.36. The quantitative estimate of drug-likeness (QED) is 0.905. The molecule has 1 N–H and O–H groups in total. The van der Waals surface area contributed by atoms with Gasteiger partial charge in [-0.25, -0.2) is 0 Å². The normalized spacial score (nSPS) is 25.3. The van der Waals surface area contributed by atoms with Gasteiger partial charge < -0.3 is 10.2 Å². The van der Waals surface area contributed by atoms with Crippen LogP contribution < -0.4 is 5.32 Å². The van der Waals surface area contributed by atoms with Crippen molar-refractivity contribution >= 4 is 23.2 Å². The molecule has 1 saturated carbocycles. The number of hydrogen-bond acceptors (Lipinski definition) is 3. The van der Waals surface area contributed by atoms with Crippen LogP contribution in [0, 0.1) is 5.92 Å². The van der Waals surface area contributed by atoms with E-state index in [0.717, 1.165) is 19.3 Å². The van der Waals surface area contributed by atoms with Crippen LogP contribution in [0.15, 0.2) is 16.8 Å². The van der Waals surface area contributed by atoms with E-state index in [2.05, 4.69) is 16.8 Å². The molecule has 2 unspecified atom stereocenters. The molecule has 1 aromatic heterocycles. The summed E-state index contributed by atoms with van der Waals surface area (Å²) < 4.78 is 0. The van der Waals surface area contributed by atoms with Crippen molar-refractivity contribution in [3.8, 4) is 0 Å². The molecular formula is C14H18N2O2S. The van der Waals surface area contributed by atoms with E-state index in [0.29, 0.717) is 5.92 Å². The van der Waals surface area contributed by atoms with Crippen molar-refractivity contribution in [1.29, 1.82) is 0 Å². The second kappa shape index (κ2) is 4.96. The number of carbonyl (C=O) groups is 2. The molecule has 0 spiro atoms. The third kappa shape index (κ3) is 2.66. The second-order valence-electron chi connectivity index (χ2n) is 5.53. The highest BCUT2D eigenvalue weighted by Crippen LogP contribution is 2.34. The first-order valence-electron chi connectivity index (χ1n) is 6.76. The Morgan fingerprint density at radius 2 is 2.26 bits per heavy atom. The number of hydrogen-bond donors (Lipinski definition) is 1. The number of rotatable bonds is 4. The van der Waals surface area contributed by atoms with Crippen LogP contribution in [-0.4, -0.2) is 35.3 Å². The van der Waals surface area contributed by atoms with Gasteiger partial charge in [0, 0.05) is 6.04 Å². The maximum atomic E-state index is 12.4. The monoisotopic (exact) mass is 278 g/mol. The molecule has 19 heavy (non-hydrogen) atoms. The molecule has 3 rings (SSSR count). The fourth-order valence-electron chi connectivity index (χ4n) is 2.67. The van der Waals surface area contributed by atoms with Crippen LogP contribution >= 0.6 is 11.3 Å². The maximum absolute atomic E-state index is 12.4. The average molecular weight is 278 g/mol.